The normalized spacial score (nSPS) is 13.1. The number of amides is 2. The van der Waals surface area contributed by atoms with Gasteiger partial charge in [0.25, 0.3) is 11.8 Å². The minimum atomic E-state index is -0.520. The first-order valence-corrected chi connectivity index (χ1v) is 13.7. The average molecular weight is 555 g/mol. The van der Waals surface area contributed by atoms with E-state index in [2.05, 4.69) is 20.6 Å². The van der Waals surface area contributed by atoms with E-state index < -0.39 is 6.04 Å². The Morgan fingerprint density at radius 2 is 1.90 bits per heavy atom. The number of aliphatic hydroxyl groups is 1. The number of nitrogens with zero attached hydrogens (tertiary/aromatic N) is 1. The van der Waals surface area contributed by atoms with Crippen molar-refractivity contribution in [2.24, 2.45) is 0 Å². The molecule has 40 heavy (non-hydrogen) atoms. The van der Waals surface area contributed by atoms with Crippen LogP contribution in [0.5, 0.6) is 11.5 Å². The number of anilines is 1. The van der Waals surface area contributed by atoms with Crippen LogP contribution in [0.3, 0.4) is 0 Å². The molecule has 1 aliphatic heterocycles. The van der Waals surface area contributed by atoms with Crippen LogP contribution in [0.1, 0.15) is 26.3 Å². The fraction of sp³-hybridized carbons (Fsp3) is 0.167. The molecule has 4 N–H and O–H groups in total. The van der Waals surface area contributed by atoms with Crippen molar-refractivity contribution in [3.8, 4) is 22.6 Å². The molecule has 2 amide bonds. The number of ether oxygens (including phenoxy) is 2. The summed E-state index contributed by atoms with van der Waals surface area (Å²) in [5.74, 6) is 0.133. The number of fused-ring (bicyclic) bond motifs is 2. The summed E-state index contributed by atoms with van der Waals surface area (Å²) < 4.78 is 11.7. The van der Waals surface area contributed by atoms with Gasteiger partial charge >= 0.3 is 0 Å². The number of para-hydroxylation sites is 1. The Balaban J connectivity index is 1.28. The van der Waals surface area contributed by atoms with Gasteiger partial charge in [-0.15, -0.1) is 11.3 Å². The lowest BCUT2D eigenvalue weighted by atomic mass is 9.98. The zero-order valence-electron chi connectivity index (χ0n) is 21.3. The molecule has 5 aromatic rings. The number of hydrogen-bond acceptors (Lipinski definition) is 7. The van der Waals surface area contributed by atoms with Crippen molar-refractivity contribution in [2.45, 2.75) is 12.5 Å². The second kappa shape index (κ2) is 11.2. The molecule has 3 aromatic carbocycles. The van der Waals surface area contributed by atoms with Crippen LogP contribution in [-0.4, -0.2) is 52.8 Å². The fourth-order valence-corrected chi connectivity index (χ4v) is 5.30. The van der Waals surface area contributed by atoms with Gasteiger partial charge in [0, 0.05) is 34.2 Å². The third-order valence-corrected chi connectivity index (χ3v) is 7.38. The molecular weight excluding hydrogens is 528 g/mol. The number of nitrogens with one attached hydrogen (secondary N) is 3. The van der Waals surface area contributed by atoms with E-state index in [-0.39, 0.29) is 18.4 Å². The molecule has 0 saturated carbocycles. The van der Waals surface area contributed by atoms with E-state index in [0.29, 0.717) is 53.0 Å². The molecule has 0 fully saturated rings. The van der Waals surface area contributed by atoms with Crippen molar-refractivity contribution in [1.82, 2.24) is 15.3 Å². The Morgan fingerprint density at radius 3 is 2.75 bits per heavy atom. The molecule has 0 spiro atoms. The Morgan fingerprint density at radius 1 is 1.02 bits per heavy atom. The van der Waals surface area contributed by atoms with E-state index in [1.807, 2.05) is 36.5 Å². The van der Waals surface area contributed by atoms with Crippen LogP contribution in [0.2, 0.25) is 0 Å². The number of thiazole rings is 1. The average Bonchev–Trinajstić information content (AvgIpc) is 3.66. The van der Waals surface area contributed by atoms with Crippen LogP contribution in [0.15, 0.2) is 78.4 Å². The molecule has 202 valence electrons. The van der Waals surface area contributed by atoms with E-state index in [4.69, 9.17) is 9.47 Å². The maximum absolute atomic E-state index is 13.6. The summed E-state index contributed by atoms with van der Waals surface area (Å²) >= 11 is 1.34. The summed E-state index contributed by atoms with van der Waals surface area (Å²) in [5.41, 5.74) is 4.16. The van der Waals surface area contributed by atoms with Gasteiger partial charge in [-0.3, -0.25) is 14.9 Å². The van der Waals surface area contributed by atoms with E-state index in [1.165, 1.54) is 11.3 Å². The molecule has 1 atom stereocenters. The first-order valence-electron chi connectivity index (χ1n) is 12.8. The minimum Gasteiger partial charge on any atom is -0.486 e. The van der Waals surface area contributed by atoms with Crippen LogP contribution in [0, 0.1) is 0 Å². The van der Waals surface area contributed by atoms with Gasteiger partial charge in [-0.25, -0.2) is 4.98 Å². The van der Waals surface area contributed by atoms with Gasteiger partial charge in [0.2, 0.25) is 0 Å². The quantitative estimate of drug-likeness (QED) is 0.221. The first-order chi connectivity index (χ1) is 19.6. The number of carbonyl (C=O) groups is 2. The molecule has 0 bridgehead atoms. The molecule has 2 aromatic heterocycles. The molecule has 0 saturated heterocycles. The molecule has 10 heteroatoms. The van der Waals surface area contributed by atoms with Gasteiger partial charge in [0.1, 0.15) is 13.2 Å². The third-order valence-electron chi connectivity index (χ3n) is 6.69. The predicted octanol–water partition coefficient (Wildman–Crippen LogP) is 4.65. The topological polar surface area (TPSA) is 126 Å². The molecule has 6 rings (SSSR count). The van der Waals surface area contributed by atoms with Crippen molar-refractivity contribution in [2.75, 3.05) is 25.1 Å². The maximum Gasteiger partial charge on any atom is 0.257 e. The Hall–Kier alpha value is -4.67. The van der Waals surface area contributed by atoms with Gasteiger partial charge in [-0.05, 0) is 53.4 Å². The summed E-state index contributed by atoms with van der Waals surface area (Å²) in [6, 6.07) is 18.0. The van der Waals surface area contributed by atoms with Crippen LogP contribution in [0.4, 0.5) is 5.13 Å². The van der Waals surface area contributed by atoms with E-state index >= 15 is 0 Å². The van der Waals surface area contributed by atoms with Gasteiger partial charge in [0.05, 0.1) is 18.2 Å². The number of benzene rings is 3. The standard InChI is InChI=1S/C30H26N4O5S/c35-17-22(13-21-16-32-25-7-2-1-6-23(21)25)33-29(37)24-14-20(15-26-27(24)39-10-9-38-26)18-4-3-5-19(12-18)28(36)34-30-31-8-11-40-30/h1-8,11-12,14-16,22,32,35H,9-10,13,17H2,(H,33,37)(H,31,34,36)/t22-/m1/s1. The fourth-order valence-electron chi connectivity index (χ4n) is 4.77. The number of rotatable bonds is 8. The second-order valence-corrected chi connectivity index (χ2v) is 10.2. The summed E-state index contributed by atoms with van der Waals surface area (Å²) in [7, 11) is 0. The van der Waals surface area contributed by atoms with E-state index in [1.54, 1.807) is 41.9 Å². The van der Waals surface area contributed by atoms with Gasteiger partial charge in [0.15, 0.2) is 16.6 Å². The van der Waals surface area contributed by atoms with Crippen molar-refractivity contribution in [3.63, 3.8) is 0 Å². The molecule has 0 aliphatic carbocycles. The van der Waals surface area contributed by atoms with Crippen LogP contribution < -0.4 is 20.1 Å². The molecule has 9 nitrogen and oxygen atoms in total. The number of hydrogen-bond donors (Lipinski definition) is 4. The summed E-state index contributed by atoms with van der Waals surface area (Å²) in [6.45, 7) is 0.437. The van der Waals surface area contributed by atoms with E-state index in [0.717, 1.165) is 22.0 Å². The zero-order valence-corrected chi connectivity index (χ0v) is 22.2. The Kier molecular flexibility index (Phi) is 7.17. The lowest BCUT2D eigenvalue weighted by Gasteiger charge is -2.23. The highest BCUT2D eigenvalue weighted by atomic mass is 32.1. The highest BCUT2D eigenvalue weighted by Crippen LogP contribution is 2.39. The lowest BCUT2D eigenvalue weighted by molar-refractivity contribution is 0.0905. The Bertz CT molecular complexity index is 1680. The highest BCUT2D eigenvalue weighted by molar-refractivity contribution is 7.13. The highest BCUT2D eigenvalue weighted by Gasteiger charge is 2.25. The van der Waals surface area contributed by atoms with E-state index in [9.17, 15) is 14.7 Å². The van der Waals surface area contributed by atoms with Crippen molar-refractivity contribution in [1.29, 1.82) is 0 Å². The summed E-state index contributed by atoms with van der Waals surface area (Å²) in [4.78, 5) is 33.7. The maximum atomic E-state index is 13.6. The smallest absolute Gasteiger partial charge is 0.257 e. The number of H-pyrrole nitrogens is 1. The third kappa shape index (κ3) is 5.27. The van der Waals surface area contributed by atoms with Gasteiger partial charge in [-0.2, -0.15) is 0 Å². The zero-order chi connectivity index (χ0) is 27.5. The van der Waals surface area contributed by atoms with Crippen LogP contribution in [-0.2, 0) is 6.42 Å². The van der Waals surface area contributed by atoms with Crippen molar-refractivity contribution >= 4 is 39.2 Å². The van der Waals surface area contributed by atoms with Gasteiger partial charge < -0.3 is 24.9 Å². The first kappa shape index (κ1) is 25.6. The molecule has 3 heterocycles. The predicted molar refractivity (Wildman–Crippen MR) is 153 cm³/mol. The SMILES string of the molecule is O=C(Nc1nccs1)c1cccc(-c2cc3c(c(C(=O)N[C@@H](CO)Cc4c[nH]c5ccccc45)c2)OCCO3)c1. The number of aliphatic hydroxyl groups excluding tert-OH is 1. The monoisotopic (exact) mass is 554 g/mol. The van der Waals surface area contributed by atoms with Crippen LogP contribution in [0.25, 0.3) is 22.0 Å². The molecule has 0 radical (unpaired) electrons. The number of carbonyl (C=O) groups excluding carboxylic acids is 2. The van der Waals surface area contributed by atoms with Crippen LogP contribution >= 0.6 is 11.3 Å². The lowest BCUT2D eigenvalue weighted by Crippen LogP contribution is -2.39. The largest absolute Gasteiger partial charge is 0.486 e. The summed E-state index contributed by atoms with van der Waals surface area (Å²) in [6.07, 6.45) is 3.97. The van der Waals surface area contributed by atoms with Crippen molar-refractivity contribution < 1.29 is 24.2 Å². The molecular formula is C30H26N4O5S. The Labute approximate surface area is 233 Å². The minimum absolute atomic E-state index is 0.235. The summed E-state index contributed by atoms with van der Waals surface area (Å²) in [5, 5.41) is 19.2. The number of aromatic nitrogens is 2. The number of aromatic amines is 1. The molecule has 0 unspecified atom stereocenters. The second-order valence-electron chi connectivity index (χ2n) is 9.34. The van der Waals surface area contributed by atoms with Gasteiger partial charge in [-0.1, -0.05) is 30.3 Å². The van der Waals surface area contributed by atoms with Crippen molar-refractivity contribution in [3.05, 3.63) is 95.1 Å². The molecule has 1 aliphatic rings.